The van der Waals surface area contributed by atoms with Crippen LogP contribution in [0.2, 0.25) is 0 Å². The Kier molecular flexibility index (Phi) is 12.3. The van der Waals surface area contributed by atoms with Gasteiger partial charge in [0.2, 0.25) is 0 Å². The molecule has 0 nitrogen and oxygen atoms in total. The van der Waals surface area contributed by atoms with E-state index in [1.165, 1.54) is 154 Å². The molecule has 0 saturated carbocycles. The van der Waals surface area contributed by atoms with Crippen LogP contribution in [0, 0.1) is 0 Å². The maximum Gasteiger partial charge on any atom is 0.0159 e. The van der Waals surface area contributed by atoms with Crippen molar-refractivity contribution in [2.24, 2.45) is 0 Å². The van der Waals surface area contributed by atoms with Gasteiger partial charge in [0, 0.05) is 5.41 Å². The first-order valence-electron chi connectivity index (χ1n) is 29.0. The summed E-state index contributed by atoms with van der Waals surface area (Å²) in [5, 5.41) is 12.8. The van der Waals surface area contributed by atoms with E-state index in [2.05, 4.69) is 329 Å². The van der Waals surface area contributed by atoms with Crippen LogP contribution in [0.15, 0.2) is 315 Å². The molecule has 0 amide bonds. The number of rotatable bonds is 7. The Labute approximate surface area is 485 Å². The second-order valence-electron chi connectivity index (χ2n) is 22.6. The summed E-state index contributed by atoms with van der Waals surface area (Å²) in [5.74, 6) is 0. The second-order valence-corrected chi connectivity index (χ2v) is 22.6. The fourth-order valence-electron chi connectivity index (χ4n) is 13.6. The molecule has 0 unspecified atom stereocenters. The van der Waals surface area contributed by atoms with Gasteiger partial charge in [-0.15, -0.1) is 0 Å². The van der Waals surface area contributed by atoms with Gasteiger partial charge in [-0.25, -0.2) is 0 Å². The van der Waals surface area contributed by atoms with Crippen LogP contribution in [0.25, 0.3) is 143 Å². The molecule has 0 bridgehead atoms. The van der Waals surface area contributed by atoms with Crippen LogP contribution < -0.4 is 0 Å². The summed E-state index contributed by atoms with van der Waals surface area (Å²) >= 11 is 0. The Bertz CT molecular complexity index is 4930. The zero-order chi connectivity index (χ0) is 55.4. The van der Waals surface area contributed by atoms with Gasteiger partial charge in [-0.3, -0.25) is 0 Å². The van der Waals surface area contributed by atoms with E-state index in [4.69, 9.17) is 0 Å². The molecule has 1 aliphatic rings. The summed E-state index contributed by atoms with van der Waals surface area (Å²) in [6, 6.07) is 115. The predicted octanol–water partition coefficient (Wildman–Crippen LogP) is 23.1. The lowest BCUT2D eigenvalue weighted by atomic mass is 9.80. The highest BCUT2D eigenvalue weighted by molar-refractivity contribution is 6.23. The molecule has 0 heteroatoms. The van der Waals surface area contributed by atoms with Gasteiger partial charge in [-0.1, -0.05) is 305 Å². The SMILES string of the molecule is CC1(C)c2cc(-c3ccccc3)ccc2-c2ccc(-c3ccc4c(-c5ccccc5)c5ccccc5c(-c5ccccc5)c4c3)cc21.c1ccc(-c2c3ccccc3c(-c3ccccc3)c3cc(-c4cccc5ccccc45)ccc23)cc1. The van der Waals surface area contributed by atoms with Crippen LogP contribution in [-0.2, 0) is 5.41 Å². The van der Waals surface area contributed by atoms with Crippen LogP contribution in [0.4, 0.5) is 0 Å². The van der Waals surface area contributed by atoms with Crippen molar-refractivity contribution in [3.05, 3.63) is 327 Å². The van der Waals surface area contributed by atoms with Crippen molar-refractivity contribution in [2.45, 2.75) is 19.3 Å². The maximum atomic E-state index is 2.44. The first kappa shape index (κ1) is 49.6. The van der Waals surface area contributed by atoms with E-state index in [9.17, 15) is 0 Å². The number of fused-ring (bicyclic) bond motifs is 8. The Hall–Kier alpha value is -10.4. The third-order valence-corrected chi connectivity index (χ3v) is 17.5. The monoisotopic (exact) mass is 1050 g/mol. The highest BCUT2D eigenvalue weighted by Gasteiger charge is 2.36. The molecule has 0 spiro atoms. The summed E-state index contributed by atoms with van der Waals surface area (Å²) in [5.41, 5.74) is 23.1. The van der Waals surface area contributed by atoms with Crippen LogP contribution in [0.3, 0.4) is 0 Å². The Morgan fingerprint density at radius 1 is 0.181 bits per heavy atom. The fourth-order valence-corrected chi connectivity index (χ4v) is 13.6. The van der Waals surface area contributed by atoms with Gasteiger partial charge in [-0.2, -0.15) is 0 Å². The Morgan fingerprint density at radius 2 is 0.482 bits per heavy atom. The summed E-state index contributed by atoms with van der Waals surface area (Å²) in [4.78, 5) is 0. The first-order valence-corrected chi connectivity index (χ1v) is 29.0. The number of benzene rings is 15. The van der Waals surface area contributed by atoms with Gasteiger partial charge in [0.25, 0.3) is 0 Å². The lowest BCUT2D eigenvalue weighted by molar-refractivity contribution is 0.661. The van der Waals surface area contributed by atoms with E-state index < -0.39 is 0 Å². The van der Waals surface area contributed by atoms with E-state index in [0.29, 0.717) is 0 Å². The van der Waals surface area contributed by atoms with Gasteiger partial charge < -0.3 is 0 Å². The van der Waals surface area contributed by atoms with Gasteiger partial charge in [0.1, 0.15) is 0 Å². The molecule has 0 fully saturated rings. The van der Waals surface area contributed by atoms with Crippen LogP contribution in [-0.4, -0.2) is 0 Å². The average molecular weight is 1060 g/mol. The fraction of sp³-hybridized carbons (Fsp3) is 0.0361. The lowest BCUT2D eigenvalue weighted by Gasteiger charge is -2.23. The third kappa shape index (κ3) is 8.62. The van der Waals surface area contributed by atoms with Crippen molar-refractivity contribution in [2.75, 3.05) is 0 Å². The molecule has 0 aliphatic heterocycles. The molecule has 15 aromatic carbocycles. The molecule has 1 aliphatic carbocycles. The van der Waals surface area contributed by atoms with Crippen LogP contribution >= 0.6 is 0 Å². The van der Waals surface area contributed by atoms with Gasteiger partial charge in [0.05, 0.1) is 0 Å². The molecule has 16 rings (SSSR count). The van der Waals surface area contributed by atoms with Crippen molar-refractivity contribution in [1.29, 1.82) is 0 Å². The highest BCUT2D eigenvalue weighted by atomic mass is 14.4. The average Bonchev–Trinajstić information content (AvgIpc) is 3.16. The molecule has 0 atom stereocenters. The van der Waals surface area contributed by atoms with Crippen molar-refractivity contribution in [3.63, 3.8) is 0 Å². The van der Waals surface area contributed by atoms with Crippen molar-refractivity contribution in [1.82, 2.24) is 0 Å². The number of hydrogen-bond donors (Lipinski definition) is 0. The summed E-state index contributed by atoms with van der Waals surface area (Å²) in [7, 11) is 0. The molecule has 0 heterocycles. The molecular formula is C83H58. The standard InChI is InChI=1S/C47H34.C36H24/c1-47(2)43-29-35(31-14-6-3-7-15-31)22-25-37(43)38-26-23-36(30-44(38)47)34-24-27-41-42(28-34)46(33-18-10-5-11-19-33)40-21-13-12-20-39(40)45(41)32-16-8-4-9-17-32;1-3-13-26(14-4-1)35-31-19-9-10-20-32(31)36(27-15-5-2-6-16-27)34-24-28(22-23-33(34)35)30-21-11-17-25-12-7-8-18-29(25)30/h3-30H,1-2H3;1-24H. The van der Waals surface area contributed by atoms with E-state index in [1.807, 2.05) is 0 Å². The zero-order valence-electron chi connectivity index (χ0n) is 46.5. The second kappa shape index (κ2) is 20.6. The molecule has 83 heavy (non-hydrogen) atoms. The topological polar surface area (TPSA) is 0 Å². The van der Waals surface area contributed by atoms with E-state index in [1.54, 1.807) is 0 Å². The Morgan fingerprint density at radius 3 is 0.928 bits per heavy atom. The largest absolute Gasteiger partial charge is 0.0622 e. The minimum atomic E-state index is -0.103. The van der Waals surface area contributed by atoms with E-state index in [0.717, 1.165) is 0 Å². The lowest BCUT2D eigenvalue weighted by Crippen LogP contribution is -2.15. The molecular weight excluding hydrogens is 997 g/mol. The molecule has 0 aromatic heterocycles. The maximum absolute atomic E-state index is 2.44. The normalized spacial score (nSPS) is 12.3. The summed E-state index contributed by atoms with van der Waals surface area (Å²) in [6.07, 6.45) is 0. The Balaban J connectivity index is 0.000000147. The predicted molar refractivity (Wildman–Crippen MR) is 356 cm³/mol. The zero-order valence-corrected chi connectivity index (χ0v) is 46.5. The molecule has 0 saturated heterocycles. The van der Waals surface area contributed by atoms with Gasteiger partial charge in [-0.05, 0) is 178 Å². The molecule has 0 N–H and O–H groups in total. The smallest absolute Gasteiger partial charge is 0.0159 e. The van der Waals surface area contributed by atoms with E-state index in [-0.39, 0.29) is 5.41 Å². The third-order valence-electron chi connectivity index (χ3n) is 17.5. The quantitative estimate of drug-likeness (QED) is 0.140. The highest BCUT2D eigenvalue weighted by Crippen LogP contribution is 2.52. The molecule has 15 aromatic rings. The molecule has 390 valence electrons. The minimum absolute atomic E-state index is 0.103. The summed E-state index contributed by atoms with van der Waals surface area (Å²) < 4.78 is 0. The van der Waals surface area contributed by atoms with E-state index >= 15 is 0 Å². The first-order chi connectivity index (χ1) is 41.0. The van der Waals surface area contributed by atoms with Crippen LogP contribution in [0.1, 0.15) is 25.0 Å². The van der Waals surface area contributed by atoms with Gasteiger partial charge >= 0.3 is 0 Å². The number of hydrogen-bond acceptors (Lipinski definition) is 0. The summed E-state index contributed by atoms with van der Waals surface area (Å²) in [6.45, 7) is 4.75. The molecule has 0 radical (unpaired) electrons. The van der Waals surface area contributed by atoms with Crippen LogP contribution in [0.5, 0.6) is 0 Å². The van der Waals surface area contributed by atoms with Crippen molar-refractivity contribution >= 4 is 53.9 Å². The minimum Gasteiger partial charge on any atom is -0.0622 e. The van der Waals surface area contributed by atoms with Crippen molar-refractivity contribution < 1.29 is 0 Å². The van der Waals surface area contributed by atoms with Gasteiger partial charge in [0.15, 0.2) is 0 Å². The van der Waals surface area contributed by atoms with Crippen molar-refractivity contribution in [3.8, 4) is 89.0 Å².